The summed E-state index contributed by atoms with van der Waals surface area (Å²) in [6.45, 7) is 4.79. The van der Waals surface area contributed by atoms with E-state index < -0.39 is 5.95 Å². The summed E-state index contributed by atoms with van der Waals surface area (Å²) in [6.07, 6.45) is 2.84. The van der Waals surface area contributed by atoms with Gasteiger partial charge in [0.2, 0.25) is 5.95 Å². The Morgan fingerprint density at radius 1 is 1.75 bits per heavy atom. The van der Waals surface area contributed by atoms with E-state index in [4.69, 9.17) is 0 Å². The van der Waals surface area contributed by atoms with Gasteiger partial charge in [-0.15, -0.1) is 0 Å². The second-order valence-corrected chi connectivity index (χ2v) is 2.37. The Morgan fingerprint density at radius 2 is 2.42 bits per heavy atom. The Bertz CT molecular complexity index is 333. The highest BCUT2D eigenvalue weighted by atomic mass is 19.1. The zero-order chi connectivity index (χ0) is 9.14. The first kappa shape index (κ1) is 8.59. The third-order valence-corrected chi connectivity index (χ3v) is 1.48. The molecule has 12 heavy (non-hydrogen) atoms. The molecule has 0 aliphatic carbocycles. The summed E-state index contributed by atoms with van der Waals surface area (Å²) < 4.78 is 12.8. The van der Waals surface area contributed by atoms with Crippen LogP contribution in [-0.4, -0.2) is 10.8 Å². The molecule has 3 heteroatoms. The van der Waals surface area contributed by atoms with E-state index in [-0.39, 0.29) is 11.3 Å². The minimum atomic E-state index is -0.729. The lowest BCUT2D eigenvalue weighted by atomic mass is 10.1. The number of carbonyl (C=O) groups is 1. The fraction of sp³-hybridized carbons (Fsp3) is 0.111. The predicted octanol–water partition coefficient (Wildman–Crippen LogP) is 2.07. The van der Waals surface area contributed by atoms with Crippen LogP contribution in [0.25, 0.3) is 6.08 Å². The molecule has 1 heterocycles. The van der Waals surface area contributed by atoms with Crippen molar-refractivity contribution in [2.45, 2.75) is 6.92 Å². The number of hydrogen-bond donors (Lipinski definition) is 0. The molecule has 0 saturated heterocycles. The van der Waals surface area contributed by atoms with Crippen LogP contribution in [0.15, 0.2) is 18.8 Å². The van der Waals surface area contributed by atoms with Crippen LogP contribution in [0, 0.1) is 5.95 Å². The molecular weight excluding hydrogens is 157 g/mol. The second-order valence-electron chi connectivity index (χ2n) is 2.37. The van der Waals surface area contributed by atoms with E-state index >= 15 is 0 Å². The van der Waals surface area contributed by atoms with Gasteiger partial charge in [-0.3, -0.25) is 4.79 Å². The fourth-order valence-corrected chi connectivity index (χ4v) is 0.823. The lowest BCUT2D eigenvalue weighted by molar-refractivity contribution is 0.101. The lowest BCUT2D eigenvalue weighted by Crippen LogP contribution is -1.99. The summed E-state index contributed by atoms with van der Waals surface area (Å²) in [6, 6.07) is 1.43. The van der Waals surface area contributed by atoms with Crippen molar-refractivity contribution in [1.82, 2.24) is 4.98 Å². The van der Waals surface area contributed by atoms with Crippen LogP contribution in [0.5, 0.6) is 0 Å². The van der Waals surface area contributed by atoms with E-state index in [9.17, 15) is 9.18 Å². The van der Waals surface area contributed by atoms with Gasteiger partial charge < -0.3 is 0 Å². The molecular formula is C9H8FNO. The van der Waals surface area contributed by atoms with Gasteiger partial charge in [0.1, 0.15) is 0 Å². The van der Waals surface area contributed by atoms with E-state index in [0.29, 0.717) is 5.56 Å². The molecule has 0 aromatic carbocycles. The summed E-state index contributed by atoms with van der Waals surface area (Å²) >= 11 is 0. The third kappa shape index (κ3) is 1.56. The number of nitrogens with zero attached hydrogens (tertiary/aromatic N) is 1. The molecule has 1 rings (SSSR count). The number of hydrogen-bond acceptors (Lipinski definition) is 2. The third-order valence-electron chi connectivity index (χ3n) is 1.48. The Morgan fingerprint density at radius 3 is 2.92 bits per heavy atom. The van der Waals surface area contributed by atoms with Gasteiger partial charge in [0.25, 0.3) is 0 Å². The predicted molar refractivity (Wildman–Crippen MR) is 44.3 cm³/mol. The molecule has 0 radical (unpaired) electrons. The largest absolute Gasteiger partial charge is 0.294 e. The highest BCUT2D eigenvalue weighted by molar-refractivity contribution is 5.94. The van der Waals surface area contributed by atoms with Crippen molar-refractivity contribution in [1.29, 1.82) is 0 Å². The smallest absolute Gasteiger partial charge is 0.223 e. The summed E-state index contributed by atoms with van der Waals surface area (Å²) in [7, 11) is 0. The molecule has 0 N–H and O–H groups in total. The van der Waals surface area contributed by atoms with Gasteiger partial charge in [-0.1, -0.05) is 12.7 Å². The van der Waals surface area contributed by atoms with Gasteiger partial charge in [-0.25, -0.2) is 4.98 Å². The number of carbonyl (C=O) groups excluding carboxylic acids is 1. The molecule has 0 aliphatic rings. The fourth-order valence-electron chi connectivity index (χ4n) is 0.823. The van der Waals surface area contributed by atoms with Crippen LogP contribution < -0.4 is 0 Å². The van der Waals surface area contributed by atoms with Crippen LogP contribution in [0.1, 0.15) is 22.8 Å². The van der Waals surface area contributed by atoms with Crippen molar-refractivity contribution in [3.05, 3.63) is 35.9 Å². The maximum atomic E-state index is 12.8. The van der Waals surface area contributed by atoms with Crippen molar-refractivity contribution in [3.8, 4) is 0 Å². The standard InChI is InChI=1S/C9H8FNO/c1-3-7-4-8(6(2)12)9(10)11-5-7/h3-5H,1H2,2H3. The number of pyridine rings is 1. The molecule has 0 saturated carbocycles. The summed E-state index contributed by atoms with van der Waals surface area (Å²) in [5.41, 5.74) is 0.647. The maximum absolute atomic E-state index is 12.8. The van der Waals surface area contributed by atoms with E-state index in [1.807, 2.05) is 0 Å². The Kier molecular flexibility index (Phi) is 2.33. The summed E-state index contributed by atoms with van der Waals surface area (Å²) in [4.78, 5) is 14.2. The minimum Gasteiger partial charge on any atom is -0.294 e. The lowest BCUT2D eigenvalue weighted by Gasteiger charge is -1.98. The van der Waals surface area contributed by atoms with Crippen molar-refractivity contribution >= 4 is 11.9 Å². The van der Waals surface area contributed by atoms with Crippen molar-refractivity contribution in [2.24, 2.45) is 0 Å². The van der Waals surface area contributed by atoms with Crippen LogP contribution in [0.3, 0.4) is 0 Å². The Hall–Kier alpha value is -1.51. The molecule has 0 aliphatic heterocycles. The van der Waals surface area contributed by atoms with Crippen LogP contribution in [0.2, 0.25) is 0 Å². The number of Topliss-reactive ketones (excluding diaryl/α,β-unsaturated/α-hetero) is 1. The summed E-state index contributed by atoms with van der Waals surface area (Å²) in [5.74, 6) is -1.06. The highest BCUT2D eigenvalue weighted by Gasteiger charge is 2.07. The maximum Gasteiger partial charge on any atom is 0.223 e. The van der Waals surface area contributed by atoms with Crippen LogP contribution in [-0.2, 0) is 0 Å². The Labute approximate surface area is 69.7 Å². The molecule has 62 valence electrons. The van der Waals surface area contributed by atoms with Crippen molar-refractivity contribution < 1.29 is 9.18 Å². The average molecular weight is 165 g/mol. The quantitative estimate of drug-likeness (QED) is 0.496. The van der Waals surface area contributed by atoms with E-state index in [2.05, 4.69) is 11.6 Å². The average Bonchev–Trinajstić information content (AvgIpc) is 2.05. The topological polar surface area (TPSA) is 30.0 Å². The molecule has 1 aromatic heterocycles. The second kappa shape index (κ2) is 3.26. The zero-order valence-electron chi connectivity index (χ0n) is 6.67. The SMILES string of the molecule is C=Cc1cnc(F)c(C(C)=O)c1. The van der Waals surface area contributed by atoms with Crippen LogP contribution >= 0.6 is 0 Å². The van der Waals surface area contributed by atoms with E-state index in [1.165, 1.54) is 25.3 Å². The first-order valence-electron chi connectivity index (χ1n) is 3.44. The summed E-state index contributed by atoms with van der Waals surface area (Å²) in [5, 5.41) is 0. The molecule has 2 nitrogen and oxygen atoms in total. The van der Waals surface area contributed by atoms with Gasteiger partial charge in [0, 0.05) is 6.20 Å². The first-order chi connectivity index (χ1) is 5.65. The van der Waals surface area contributed by atoms with Gasteiger partial charge in [-0.2, -0.15) is 4.39 Å². The van der Waals surface area contributed by atoms with Crippen LogP contribution in [0.4, 0.5) is 4.39 Å². The number of rotatable bonds is 2. The van der Waals surface area contributed by atoms with Crippen molar-refractivity contribution in [3.63, 3.8) is 0 Å². The Balaban J connectivity index is 3.25. The molecule has 0 fully saturated rings. The van der Waals surface area contributed by atoms with Gasteiger partial charge in [-0.05, 0) is 18.6 Å². The molecule has 0 atom stereocenters. The highest BCUT2D eigenvalue weighted by Crippen LogP contribution is 2.08. The first-order valence-corrected chi connectivity index (χ1v) is 3.44. The molecule has 0 bridgehead atoms. The molecule has 0 spiro atoms. The monoisotopic (exact) mass is 165 g/mol. The van der Waals surface area contributed by atoms with E-state index in [0.717, 1.165) is 0 Å². The normalized spacial score (nSPS) is 9.50. The molecule has 0 unspecified atom stereocenters. The minimum absolute atomic E-state index is 0.00685. The van der Waals surface area contributed by atoms with Gasteiger partial charge in [0.05, 0.1) is 5.56 Å². The number of aromatic nitrogens is 1. The van der Waals surface area contributed by atoms with Gasteiger partial charge in [0.15, 0.2) is 5.78 Å². The van der Waals surface area contributed by atoms with Crippen molar-refractivity contribution in [2.75, 3.05) is 0 Å². The number of ketones is 1. The molecule has 1 aromatic rings. The van der Waals surface area contributed by atoms with Gasteiger partial charge >= 0.3 is 0 Å². The van der Waals surface area contributed by atoms with E-state index in [1.54, 1.807) is 0 Å². The zero-order valence-corrected chi connectivity index (χ0v) is 6.67. The number of halogens is 1. The molecule has 0 amide bonds.